The first-order valence-electron chi connectivity index (χ1n) is 19.4. The van der Waals surface area contributed by atoms with E-state index in [1.807, 2.05) is 36.8 Å². The van der Waals surface area contributed by atoms with E-state index >= 15 is 0 Å². The standard InChI is InChI=1S/C37H45N11O2.C3H7NO/c1-4-7-26(5-2)47-24(3)18-25-19-39-37(43-35(25)47)41-33-12-10-27(20-38-33)44-14-16-45(17-15-44)28-22-46(23-28)30-8-6-9-31-29(30)21-40-48(31)32-11-13-34(49)42-36(32)50;1-4(2)3-5/h6,8-10,12,18-21,26,28,32H,4-5,7,11,13-17,22-23H2,1-3H3,(H,42,49,50)(H,38,39,41,43);3H,1-2H3. The summed E-state index contributed by atoms with van der Waals surface area (Å²) in [7, 11) is 3.38. The van der Waals surface area contributed by atoms with E-state index in [0.29, 0.717) is 30.9 Å². The Morgan fingerprint density at radius 1 is 1.00 bits per heavy atom. The van der Waals surface area contributed by atoms with Crippen LogP contribution in [-0.4, -0.2) is 117 Å². The summed E-state index contributed by atoms with van der Waals surface area (Å²) in [5, 5.41) is 12.5. The number of carbonyl (C=O) groups is 3. The van der Waals surface area contributed by atoms with Crippen LogP contribution in [0.15, 0.2) is 55.0 Å². The lowest BCUT2D eigenvalue weighted by Gasteiger charge is -2.49. The molecule has 2 atom stereocenters. The summed E-state index contributed by atoms with van der Waals surface area (Å²) in [6.07, 6.45) is 10.6. The third-order valence-corrected chi connectivity index (χ3v) is 10.9. The normalized spacial score (nSPS) is 18.5. The van der Waals surface area contributed by atoms with Crippen molar-refractivity contribution in [3.63, 3.8) is 0 Å². The number of nitrogens with zero attached hydrogens (tertiary/aromatic N) is 10. The molecule has 0 radical (unpaired) electrons. The summed E-state index contributed by atoms with van der Waals surface area (Å²) in [5.41, 5.74) is 5.39. The van der Waals surface area contributed by atoms with Gasteiger partial charge in [0.2, 0.25) is 18.3 Å². The van der Waals surface area contributed by atoms with Crippen LogP contribution in [0.2, 0.25) is 0 Å². The summed E-state index contributed by atoms with van der Waals surface area (Å²) < 4.78 is 4.14. The Morgan fingerprint density at radius 3 is 2.45 bits per heavy atom. The molecule has 3 amide bonds. The van der Waals surface area contributed by atoms with Gasteiger partial charge >= 0.3 is 0 Å². The van der Waals surface area contributed by atoms with Gasteiger partial charge in [0.05, 0.1) is 23.6 Å². The zero-order chi connectivity index (χ0) is 38.6. The third kappa shape index (κ3) is 7.97. The Bertz CT molecular complexity index is 2130. The molecule has 5 aromatic rings. The van der Waals surface area contributed by atoms with Gasteiger partial charge in [0.25, 0.3) is 5.91 Å². The van der Waals surface area contributed by atoms with Crippen LogP contribution in [-0.2, 0) is 14.4 Å². The number of aromatic nitrogens is 6. The topological polar surface area (TPSA) is 150 Å². The number of amides is 3. The predicted molar refractivity (Wildman–Crippen MR) is 215 cm³/mol. The molecular formula is C40H52N12O3. The van der Waals surface area contributed by atoms with E-state index in [1.165, 1.54) is 10.6 Å². The molecule has 55 heavy (non-hydrogen) atoms. The first-order chi connectivity index (χ1) is 26.7. The number of anilines is 4. The molecule has 15 nitrogen and oxygen atoms in total. The number of imide groups is 1. The summed E-state index contributed by atoms with van der Waals surface area (Å²) in [6.45, 7) is 12.4. The number of hydrogen-bond donors (Lipinski definition) is 2. The number of nitrogens with one attached hydrogen (secondary N) is 2. The quantitative estimate of drug-likeness (QED) is 0.143. The number of carbonyl (C=O) groups excluding carboxylic acids is 3. The van der Waals surface area contributed by atoms with Crippen LogP contribution in [0.1, 0.15) is 63.7 Å². The molecule has 0 bridgehead atoms. The fourth-order valence-corrected chi connectivity index (χ4v) is 7.99. The van der Waals surface area contributed by atoms with Crippen molar-refractivity contribution in [3.05, 3.63) is 60.7 Å². The van der Waals surface area contributed by atoms with Crippen molar-refractivity contribution in [2.75, 3.05) is 68.5 Å². The minimum atomic E-state index is -0.459. The van der Waals surface area contributed by atoms with Gasteiger partial charge in [-0.2, -0.15) is 10.1 Å². The summed E-state index contributed by atoms with van der Waals surface area (Å²) in [6, 6.07) is 13.0. The van der Waals surface area contributed by atoms with Crippen LogP contribution in [0, 0.1) is 6.92 Å². The molecule has 7 heterocycles. The molecule has 1 aromatic carbocycles. The zero-order valence-electron chi connectivity index (χ0n) is 32.5. The van der Waals surface area contributed by atoms with E-state index in [9.17, 15) is 14.4 Å². The van der Waals surface area contributed by atoms with Crippen LogP contribution in [0.3, 0.4) is 0 Å². The Hall–Kier alpha value is -5.57. The van der Waals surface area contributed by atoms with Gasteiger partial charge in [-0.05, 0) is 56.5 Å². The van der Waals surface area contributed by atoms with Crippen LogP contribution < -0.4 is 20.4 Å². The summed E-state index contributed by atoms with van der Waals surface area (Å²) >= 11 is 0. The highest BCUT2D eigenvalue weighted by Crippen LogP contribution is 2.34. The van der Waals surface area contributed by atoms with Crippen molar-refractivity contribution in [2.24, 2.45) is 0 Å². The van der Waals surface area contributed by atoms with Gasteiger partial charge in [-0.1, -0.05) is 26.3 Å². The van der Waals surface area contributed by atoms with E-state index < -0.39 is 6.04 Å². The smallest absolute Gasteiger partial charge is 0.251 e. The number of benzene rings is 1. The minimum Gasteiger partial charge on any atom is -0.368 e. The van der Waals surface area contributed by atoms with Crippen molar-refractivity contribution in [2.45, 2.75) is 71.0 Å². The van der Waals surface area contributed by atoms with Crippen molar-refractivity contribution >= 4 is 63.3 Å². The van der Waals surface area contributed by atoms with Gasteiger partial charge in [-0.15, -0.1) is 0 Å². The Morgan fingerprint density at radius 2 is 1.78 bits per heavy atom. The molecule has 2 N–H and O–H groups in total. The molecule has 0 saturated carbocycles. The lowest BCUT2D eigenvalue weighted by Crippen LogP contribution is -2.63. The van der Waals surface area contributed by atoms with Crippen LogP contribution in [0.5, 0.6) is 0 Å². The fraction of sp³-hybridized carbons (Fsp3) is 0.475. The third-order valence-electron chi connectivity index (χ3n) is 10.9. The molecule has 0 aliphatic carbocycles. The molecule has 3 saturated heterocycles. The maximum atomic E-state index is 12.5. The van der Waals surface area contributed by atoms with E-state index in [2.05, 4.69) is 79.0 Å². The Labute approximate surface area is 321 Å². The molecule has 2 unspecified atom stereocenters. The highest BCUT2D eigenvalue weighted by Gasteiger charge is 2.35. The predicted octanol–water partition coefficient (Wildman–Crippen LogP) is 4.67. The molecule has 3 aliphatic heterocycles. The van der Waals surface area contributed by atoms with Crippen molar-refractivity contribution < 1.29 is 14.4 Å². The molecule has 4 aromatic heterocycles. The van der Waals surface area contributed by atoms with Crippen LogP contribution >= 0.6 is 0 Å². The minimum absolute atomic E-state index is 0.216. The maximum Gasteiger partial charge on any atom is 0.251 e. The second-order valence-corrected chi connectivity index (χ2v) is 14.9. The molecule has 8 rings (SSSR count). The van der Waals surface area contributed by atoms with E-state index in [1.54, 1.807) is 18.8 Å². The molecule has 15 heteroatoms. The maximum absolute atomic E-state index is 12.5. The van der Waals surface area contributed by atoms with Crippen molar-refractivity contribution in [3.8, 4) is 0 Å². The number of aryl methyl sites for hydroxylation is 1. The Balaban J connectivity index is 0.000000875. The number of fused-ring (bicyclic) bond motifs is 2. The van der Waals surface area contributed by atoms with Gasteiger partial charge in [0, 0.05) is 100 Å². The van der Waals surface area contributed by atoms with E-state index in [0.717, 1.165) is 104 Å². The number of piperazine rings is 1. The van der Waals surface area contributed by atoms with Crippen molar-refractivity contribution in [1.82, 2.24) is 44.4 Å². The molecule has 290 valence electrons. The van der Waals surface area contributed by atoms with Gasteiger partial charge < -0.3 is 24.6 Å². The van der Waals surface area contributed by atoms with Gasteiger partial charge in [0.15, 0.2) is 0 Å². The molecule has 3 fully saturated rings. The second kappa shape index (κ2) is 16.4. The second-order valence-electron chi connectivity index (χ2n) is 14.9. The lowest BCUT2D eigenvalue weighted by atomic mass is 10.0. The monoisotopic (exact) mass is 748 g/mol. The van der Waals surface area contributed by atoms with Gasteiger partial charge in [-0.3, -0.25) is 29.3 Å². The average Bonchev–Trinajstić information content (AvgIpc) is 3.75. The highest BCUT2D eigenvalue weighted by molar-refractivity contribution is 6.00. The molecular weight excluding hydrogens is 697 g/mol. The Kier molecular flexibility index (Phi) is 11.3. The number of piperidine rings is 1. The van der Waals surface area contributed by atoms with E-state index in [-0.39, 0.29) is 11.8 Å². The number of pyridine rings is 1. The largest absolute Gasteiger partial charge is 0.368 e. The van der Waals surface area contributed by atoms with Crippen LogP contribution in [0.4, 0.5) is 23.1 Å². The first-order valence-corrected chi connectivity index (χ1v) is 19.4. The van der Waals surface area contributed by atoms with Crippen LogP contribution in [0.25, 0.3) is 21.9 Å². The molecule has 0 spiro atoms. The van der Waals surface area contributed by atoms with Gasteiger partial charge in [-0.25, -0.2) is 9.97 Å². The number of hydrogen-bond acceptors (Lipinski definition) is 11. The fourth-order valence-electron chi connectivity index (χ4n) is 7.99. The SMILES string of the molecule is CCCC(CC)n1c(C)cc2cnc(Nc3ccc(N4CCN(C5CN(c6cccc7c6cnn7C6CCC(=O)NC6=O)C5)CC4)cn3)nc21.CN(C)C=O. The first kappa shape index (κ1) is 37.7. The lowest BCUT2D eigenvalue weighted by molar-refractivity contribution is -0.135. The molecule has 3 aliphatic rings. The van der Waals surface area contributed by atoms with Crippen molar-refractivity contribution in [1.29, 1.82) is 0 Å². The van der Waals surface area contributed by atoms with E-state index in [4.69, 9.17) is 9.97 Å². The van der Waals surface area contributed by atoms with Gasteiger partial charge in [0.1, 0.15) is 17.5 Å². The highest BCUT2D eigenvalue weighted by atomic mass is 16.2. The summed E-state index contributed by atoms with van der Waals surface area (Å²) in [5.74, 6) is 0.799. The zero-order valence-corrected chi connectivity index (χ0v) is 32.5. The summed E-state index contributed by atoms with van der Waals surface area (Å²) in [4.78, 5) is 56.7. The number of rotatable bonds is 11. The average molecular weight is 749 g/mol.